The van der Waals surface area contributed by atoms with Gasteiger partial charge in [-0.2, -0.15) is 0 Å². The lowest BCUT2D eigenvalue weighted by Gasteiger charge is -2.29. The van der Waals surface area contributed by atoms with Crippen LogP contribution in [0.5, 0.6) is 0 Å². The Kier molecular flexibility index (Phi) is 7.79. The number of aryl methyl sites for hydroxylation is 1. The zero-order chi connectivity index (χ0) is 34.9. The van der Waals surface area contributed by atoms with Crippen molar-refractivity contribution in [1.82, 2.24) is 29.7 Å². The number of pyridine rings is 3. The number of nitrogens with two attached hydrogens (primary N) is 1. The van der Waals surface area contributed by atoms with Gasteiger partial charge in [0.2, 0.25) is 17.2 Å². The molecule has 6 heterocycles. The van der Waals surface area contributed by atoms with E-state index >= 15 is 8.78 Å². The molecule has 7 rings (SSSR count). The maximum Gasteiger partial charge on any atom is 0.341 e. The van der Waals surface area contributed by atoms with Crippen LogP contribution < -0.4 is 26.3 Å². The van der Waals surface area contributed by atoms with Gasteiger partial charge in [0.25, 0.3) is 0 Å². The molecule has 0 aliphatic carbocycles. The van der Waals surface area contributed by atoms with Crippen LogP contribution in [0.25, 0.3) is 44.1 Å². The van der Waals surface area contributed by atoms with Crippen molar-refractivity contribution in [3.8, 4) is 11.1 Å². The number of carboxylic acid groups (broad SMARTS) is 1. The number of likely N-dealkylation sites (N-methyl/N-ethyl adjacent to an activating group) is 2. The van der Waals surface area contributed by atoms with Crippen molar-refractivity contribution in [3.63, 3.8) is 0 Å². The number of hydrogen-bond acceptors (Lipinski definition) is 9. The molecule has 0 bridgehead atoms. The summed E-state index contributed by atoms with van der Waals surface area (Å²) in [6.45, 7) is 1.47. The molecule has 2 fully saturated rings. The highest BCUT2D eigenvalue weighted by Gasteiger charge is 2.42. The molecule has 2 aliphatic heterocycles. The number of carboxylic acids is 1. The number of carbonyl (C=O) groups is 3. The number of nitrogens with one attached hydrogen (secondary N) is 2. The lowest BCUT2D eigenvalue weighted by molar-refractivity contribution is -0.124. The fourth-order valence-corrected chi connectivity index (χ4v) is 7.31. The molecule has 49 heavy (non-hydrogen) atoms. The van der Waals surface area contributed by atoms with Gasteiger partial charge in [-0.3, -0.25) is 14.4 Å². The van der Waals surface area contributed by atoms with Gasteiger partial charge in [0.1, 0.15) is 16.9 Å². The number of nitrogens with zero attached hydrogens (tertiary/aromatic N) is 6. The van der Waals surface area contributed by atoms with E-state index in [0.717, 1.165) is 30.5 Å². The number of aromatic nitrogens is 4. The Bertz CT molecular complexity index is 2290. The highest BCUT2D eigenvalue weighted by atomic mass is 19.2. The monoisotopic (exact) mass is 673 g/mol. The SMILES string of the molecule is CN1CC2CCN(c3c(-c4cnc5c(c4)c(=O)c(C(=O)O)cn5C)cnc4[nH]c5c(N(C)C(=O)CNC(=O)CN)cc(F)c(F)c5c34)C2C1. The van der Waals surface area contributed by atoms with Crippen molar-refractivity contribution in [2.75, 3.05) is 56.6 Å². The Hall–Kier alpha value is -5.48. The number of hydrogen-bond donors (Lipinski definition) is 4. The van der Waals surface area contributed by atoms with E-state index in [0.29, 0.717) is 29.3 Å². The molecule has 2 amide bonds. The molecule has 254 valence electrons. The predicted molar refractivity (Wildman–Crippen MR) is 179 cm³/mol. The standard InChI is InChI=1S/C33H33F2N9O5/c1-41-12-15-4-5-44(22(15)14-41)29-18(16-6-17-30(47)19(33(48)49)13-42(2)32(17)39-9-16)10-38-31-26(29)25-27(35)20(34)7-21(28(25)40-31)43(3)24(46)11-37-23(45)8-36/h6-7,9-10,13,15,22H,4-5,8,11-12,14,36H2,1-3H3,(H,37,45)(H,38,40)(H,48,49). The van der Waals surface area contributed by atoms with Crippen LogP contribution in [0.2, 0.25) is 0 Å². The molecule has 14 nitrogen and oxygen atoms in total. The highest BCUT2D eigenvalue weighted by molar-refractivity contribution is 6.19. The normalized spacial score (nSPS) is 17.7. The largest absolute Gasteiger partial charge is 0.477 e. The van der Waals surface area contributed by atoms with Gasteiger partial charge < -0.3 is 40.4 Å². The van der Waals surface area contributed by atoms with Crippen molar-refractivity contribution in [2.24, 2.45) is 18.7 Å². The third-order valence-electron chi connectivity index (χ3n) is 9.67. The summed E-state index contributed by atoms with van der Waals surface area (Å²) in [6, 6.07) is 2.50. The quantitative estimate of drug-likeness (QED) is 0.199. The fraction of sp³-hybridized carbons (Fsp3) is 0.333. The Balaban J connectivity index is 1.49. The molecule has 0 spiro atoms. The Morgan fingerprint density at radius 3 is 2.65 bits per heavy atom. The minimum atomic E-state index is -1.37. The Morgan fingerprint density at radius 2 is 1.92 bits per heavy atom. The predicted octanol–water partition coefficient (Wildman–Crippen LogP) is 1.78. The summed E-state index contributed by atoms with van der Waals surface area (Å²) in [5.41, 5.74) is 6.34. The molecule has 2 unspecified atom stereocenters. The van der Waals surface area contributed by atoms with Gasteiger partial charge in [-0.15, -0.1) is 0 Å². The third-order valence-corrected chi connectivity index (χ3v) is 9.67. The average Bonchev–Trinajstić information content (AvgIpc) is 3.77. The van der Waals surface area contributed by atoms with Gasteiger partial charge in [0, 0.05) is 75.6 Å². The van der Waals surface area contributed by atoms with E-state index in [-0.39, 0.29) is 51.2 Å². The summed E-state index contributed by atoms with van der Waals surface area (Å²) in [4.78, 5) is 67.6. The van der Waals surface area contributed by atoms with Gasteiger partial charge >= 0.3 is 5.97 Å². The van der Waals surface area contributed by atoms with Crippen LogP contribution in [0.15, 0.2) is 35.5 Å². The number of anilines is 2. The Morgan fingerprint density at radius 1 is 1.14 bits per heavy atom. The molecule has 2 saturated heterocycles. The second-order valence-corrected chi connectivity index (χ2v) is 12.7. The number of aromatic amines is 1. The Labute approximate surface area is 277 Å². The average molecular weight is 674 g/mol. The molecule has 0 saturated carbocycles. The van der Waals surface area contributed by atoms with Crippen LogP contribution in [0, 0.1) is 17.6 Å². The molecule has 5 N–H and O–H groups in total. The number of likely N-dealkylation sites (tertiary alicyclic amines) is 1. The van der Waals surface area contributed by atoms with Crippen molar-refractivity contribution < 1.29 is 28.3 Å². The zero-order valence-corrected chi connectivity index (χ0v) is 26.9. The molecule has 5 aromatic rings. The van der Waals surface area contributed by atoms with E-state index in [9.17, 15) is 24.3 Å². The summed E-state index contributed by atoms with van der Waals surface area (Å²) in [7, 11) is 5.01. The molecule has 0 radical (unpaired) electrons. The van der Waals surface area contributed by atoms with Crippen LogP contribution in [0.1, 0.15) is 16.8 Å². The molecule has 2 aliphatic rings. The van der Waals surface area contributed by atoms with E-state index in [4.69, 9.17) is 5.73 Å². The summed E-state index contributed by atoms with van der Waals surface area (Å²) in [6.07, 6.45) is 5.18. The van der Waals surface area contributed by atoms with Crippen molar-refractivity contribution >= 4 is 62.1 Å². The fourth-order valence-electron chi connectivity index (χ4n) is 7.31. The summed E-state index contributed by atoms with van der Waals surface area (Å²) in [5, 5.41) is 12.3. The number of aromatic carboxylic acids is 1. The smallest absolute Gasteiger partial charge is 0.341 e. The topological polar surface area (TPSA) is 183 Å². The van der Waals surface area contributed by atoms with E-state index in [1.807, 2.05) is 7.05 Å². The van der Waals surface area contributed by atoms with Gasteiger partial charge in [0.05, 0.1) is 46.1 Å². The lowest BCUT2D eigenvalue weighted by Crippen LogP contribution is -2.40. The van der Waals surface area contributed by atoms with Crippen LogP contribution in [0.4, 0.5) is 20.2 Å². The van der Waals surface area contributed by atoms with Crippen molar-refractivity contribution in [3.05, 3.63) is 58.1 Å². The molecule has 16 heteroatoms. The highest BCUT2D eigenvalue weighted by Crippen LogP contribution is 2.47. The third kappa shape index (κ3) is 5.14. The van der Waals surface area contributed by atoms with Gasteiger partial charge in [-0.1, -0.05) is 0 Å². The van der Waals surface area contributed by atoms with Crippen LogP contribution in [-0.2, 0) is 16.6 Å². The maximum atomic E-state index is 16.1. The number of halogens is 2. The summed E-state index contributed by atoms with van der Waals surface area (Å²) >= 11 is 0. The second-order valence-electron chi connectivity index (χ2n) is 12.7. The first-order valence-electron chi connectivity index (χ1n) is 15.6. The lowest BCUT2D eigenvalue weighted by atomic mass is 9.99. The number of benzene rings is 1. The van der Waals surface area contributed by atoms with E-state index in [2.05, 4.69) is 30.1 Å². The van der Waals surface area contributed by atoms with Crippen LogP contribution >= 0.6 is 0 Å². The van der Waals surface area contributed by atoms with Gasteiger partial charge in [-0.05, 0) is 25.5 Å². The van der Waals surface area contributed by atoms with Crippen molar-refractivity contribution in [1.29, 1.82) is 0 Å². The molecule has 1 aromatic carbocycles. The molecule has 2 atom stereocenters. The van der Waals surface area contributed by atoms with Crippen molar-refractivity contribution in [2.45, 2.75) is 12.5 Å². The van der Waals surface area contributed by atoms with Gasteiger partial charge in [-0.25, -0.2) is 23.5 Å². The number of fused-ring (bicyclic) bond motifs is 5. The first kappa shape index (κ1) is 32.1. The first-order valence-corrected chi connectivity index (χ1v) is 15.6. The second kappa shape index (κ2) is 11.9. The van der Waals surface area contributed by atoms with Crippen LogP contribution in [0.3, 0.4) is 0 Å². The number of amides is 2. The summed E-state index contributed by atoms with van der Waals surface area (Å²) in [5.74, 6) is -4.53. The molecular formula is C33H33F2N9O5. The summed E-state index contributed by atoms with van der Waals surface area (Å²) < 4.78 is 33.1. The minimum Gasteiger partial charge on any atom is -0.477 e. The number of carbonyl (C=O) groups excluding carboxylic acids is 2. The minimum absolute atomic E-state index is 0.0309. The van der Waals surface area contributed by atoms with E-state index in [1.165, 1.54) is 17.8 Å². The van der Waals surface area contributed by atoms with Crippen LogP contribution in [-0.4, -0.2) is 100 Å². The molecule has 4 aromatic heterocycles. The zero-order valence-electron chi connectivity index (χ0n) is 26.9. The number of rotatable bonds is 7. The first-order chi connectivity index (χ1) is 23.4. The maximum absolute atomic E-state index is 16.1. The number of H-pyrrole nitrogens is 1. The molecular weight excluding hydrogens is 640 g/mol. The van der Waals surface area contributed by atoms with Gasteiger partial charge in [0.15, 0.2) is 11.6 Å². The van der Waals surface area contributed by atoms with E-state index in [1.54, 1.807) is 25.5 Å². The van der Waals surface area contributed by atoms with E-state index < -0.39 is 47.0 Å².